The Bertz CT molecular complexity index is 676. The van der Waals surface area contributed by atoms with Gasteiger partial charge in [0, 0.05) is 12.6 Å². The van der Waals surface area contributed by atoms with Gasteiger partial charge in [0.15, 0.2) is 0 Å². The van der Waals surface area contributed by atoms with Gasteiger partial charge in [0.1, 0.15) is 23.8 Å². The standard InChI is InChI=1S/C20H24FNO2/c1-14-6-2-3-10-18(14)24-19-11-5-9-17(20(19)23)22-13-15-7-4-8-16(21)12-15/h2-4,6-8,10,12,17,19-20,22-23H,5,9,11,13H2,1H3/t17-,19+,20+/m0/s1. The number of nitrogens with one attached hydrogen (secondary N) is 1. The smallest absolute Gasteiger partial charge is 0.126 e. The molecule has 2 aromatic rings. The summed E-state index contributed by atoms with van der Waals surface area (Å²) in [7, 11) is 0. The molecule has 2 aromatic carbocycles. The third-order valence-corrected chi connectivity index (χ3v) is 4.63. The van der Waals surface area contributed by atoms with Crippen molar-refractivity contribution in [1.29, 1.82) is 0 Å². The summed E-state index contributed by atoms with van der Waals surface area (Å²) in [5.74, 6) is 0.589. The molecule has 4 heteroatoms. The monoisotopic (exact) mass is 329 g/mol. The van der Waals surface area contributed by atoms with Crippen LogP contribution in [0.1, 0.15) is 30.4 Å². The molecule has 0 amide bonds. The van der Waals surface area contributed by atoms with Gasteiger partial charge in [-0.25, -0.2) is 4.39 Å². The van der Waals surface area contributed by atoms with Gasteiger partial charge < -0.3 is 15.2 Å². The summed E-state index contributed by atoms with van der Waals surface area (Å²) >= 11 is 0. The van der Waals surface area contributed by atoms with Crippen molar-refractivity contribution < 1.29 is 14.2 Å². The van der Waals surface area contributed by atoms with Crippen LogP contribution in [0, 0.1) is 12.7 Å². The Kier molecular flexibility index (Phi) is 5.48. The predicted molar refractivity (Wildman–Crippen MR) is 92.5 cm³/mol. The van der Waals surface area contributed by atoms with Gasteiger partial charge >= 0.3 is 0 Å². The minimum absolute atomic E-state index is 0.0453. The molecule has 2 N–H and O–H groups in total. The van der Waals surface area contributed by atoms with Crippen molar-refractivity contribution in [3.8, 4) is 5.75 Å². The second kappa shape index (κ2) is 7.77. The van der Waals surface area contributed by atoms with Crippen molar-refractivity contribution in [1.82, 2.24) is 5.32 Å². The van der Waals surface area contributed by atoms with E-state index in [4.69, 9.17) is 4.74 Å². The molecule has 0 aliphatic heterocycles. The molecule has 0 bridgehead atoms. The molecule has 0 spiro atoms. The molecule has 1 aliphatic carbocycles. The van der Waals surface area contributed by atoms with Crippen LogP contribution < -0.4 is 10.1 Å². The third kappa shape index (κ3) is 4.13. The van der Waals surface area contributed by atoms with Gasteiger partial charge in [0.05, 0.1) is 0 Å². The molecular formula is C20H24FNO2. The number of hydrogen-bond acceptors (Lipinski definition) is 3. The van der Waals surface area contributed by atoms with Gasteiger partial charge in [-0.15, -0.1) is 0 Å². The van der Waals surface area contributed by atoms with Crippen LogP contribution in [0.5, 0.6) is 5.75 Å². The zero-order chi connectivity index (χ0) is 16.9. The summed E-state index contributed by atoms with van der Waals surface area (Å²) in [6.07, 6.45) is 1.93. The first-order chi connectivity index (χ1) is 11.6. The highest BCUT2D eigenvalue weighted by molar-refractivity contribution is 5.32. The lowest BCUT2D eigenvalue weighted by molar-refractivity contribution is -0.0160. The highest BCUT2D eigenvalue weighted by Crippen LogP contribution is 2.26. The van der Waals surface area contributed by atoms with E-state index in [0.717, 1.165) is 36.1 Å². The number of ether oxygens (including phenoxy) is 1. The molecule has 24 heavy (non-hydrogen) atoms. The molecule has 0 aromatic heterocycles. The fourth-order valence-corrected chi connectivity index (χ4v) is 3.24. The molecular weight excluding hydrogens is 305 g/mol. The average Bonchev–Trinajstić information content (AvgIpc) is 2.58. The van der Waals surface area contributed by atoms with Gasteiger partial charge in [-0.1, -0.05) is 30.3 Å². The molecule has 0 heterocycles. The van der Waals surface area contributed by atoms with Crippen molar-refractivity contribution in [3.05, 3.63) is 65.5 Å². The molecule has 1 fully saturated rings. The molecule has 0 radical (unpaired) electrons. The number of halogens is 1. The fourth-order valence-electron chi connectivity index (χ4n) is 3.24. The number of rotatable bonds is 5. The minimum atomic E-state index is -0.577. The van der Waals surface area contributed by atoms with E-state index >= 15 is 0 Å². The first-order valence-corrected chi connectivity index (χ1v) is 8.51. The molecule has 3 atom stereocenters. The van der Waals surface area contributed by atoms with Gasteiger partial charge in [-0.05, 0) is 55.5 Å². The van der Waals surface area contributed by atoms with E-state index in [1.54, 1.807) is 6.07 Å². The van der Waals surface area contributed by atoms with Crippen LogP contribution >= 0.6 is 0 Å². The zero-order valence-corrected chi connectivity index (χ0v) is 13.9. The normalized spacial score (nSPS) is 23.9. The topological polar surface area (TPSA) is 41.5 Å². The lowest BCUT2D eigenvalue weighted by Gasteiger charge is -2.35. The summed E-state index contributed by atoms with van der Waals surface area (Å²) in [6, 6.07) is 14.3. The Morgan fingerprint density at radius 3 is 2.79 bits per heavy atom. The number of aliphatic hydroxyl groups is 1. The molecule has 1 aliphatic rings. The van der Waals surface area contributed by atoms with Crippen molar-refractivity contribution in [3.63, 3.8) is 0 Å². The highest BCUT2D eigenvalue weighted by atomic mass is 19.1. The number of aryl methyl sites for hydroxylation is 1. The SMILES string of the molecule is Cc1ccccc1O[C@@H]1CCC[C@H](NCc2cccc(F)c2)[C@H]1O. The van der Waals surface area contributed by atoms with E-state index in [1.807, 2.05) is 37.3 Å². The van der Waals surface area contributed by atoms with Crippen LogP contribution in [0.3, 0.4) is 0 Å². The maximum atomic E-state index is 13.3. The number of benzene rings is 2. The van der Waals surface area contributed by atoms with Crippen LogP contribution in [0.15, 0.2) is 48.5 Å². The first-order valence-electron chi connectivity index (χ1n) is 8.51. The summed E-state index contributed by atoms with van der Waals surface area (Å²) in [4.78, 5) is 0. The molecule has 3 nitrogen and oxygen atoms in total. The Labute approximate surface area is 142 Å². The second-order valence-corrected chi connectivity index (χ2v) is 6.46. The fraction of sp³-hybridized carbons (Fsp3) is 0.400. The highest BCUT2D eigenvalue weighted by Gasteiger charge is 2.33. The van der Waals surface area contributed by atoms with Gasteiger partial charge in [-0.3, -0.25) is 0 Å². The van der Waals surface area contributed by atoms with E-state index < -0.39 is 6.10 Å². The van der Waals surface area contributed by atoms with E-state index in [1.165, 1.54) is 12.1 Å². The second-order valence-electron chi connectivity index (χ2n) is 6.46. The van der Waals surface area contributed by atoms with Crippen LogP contribution in [0.2, 0.25) is 0 Å². The first kappa shape index (κ1) is 16.9. The Hall–Kier alpha value is -1.91. The van der Waals surface area contributed by atoms with E-state index in [9.17, 15) is 9.50 Å². The molecule has 128 valence electrons. The van der Waals surface area contributed by atoms with Crippen molar-refractivity contribution >= 4 is 0 Å². The largest absolute Gasteiger partial charge is 0.487 e. The summed E-state index contributed by atoms with van der Waals surface area (Å²) < 4.78 is 19.3. The van der Waals surface area contributed by atoms with Gasteiger partial charge in [-0.2, -0.15) is 0 Å². The number of para-hydroxylation sites is 1. The predicted octanol–water partition coefficient (Wildman–Crippen LogP) is 3.58. The van der Waals surface area contributed by atoms with E-state index in [0.29, 0.717) is 6.54 Å². The van der Waals surface area contributed by atoms with E-state index in [2.05, 4.69) is 5.32 Å². The van der Waals surface area contributed by atoms with Crippen LogP contribution in [0.25, 0.3) is 0 Å². The van der Waals surface area contributed by atoms with Gasteiger partial charge in [0.25, 0.3) is 0 Å². The van der Waals surface area contributed by atoms with Crippen molar-refractivity contribution in [2.45, 2.75) is 51.0 Å². The quantitative estimate of drug-likeness (QED) is 0.881. The Balaban J connectivity index is 1.60. The molecule has 0 saturated heterocycles. The maximum Gasteiger partial charge on any atom is 0.126 e. The summed E-state index contributed by atoms with van der Waals surface area (Å²) in [5, 5.41) is 14.0. The zero-order valence-electron chi connectivity index (χ0n) is 13.9. The third-order valence-electron chi connectivity index (χ3n) is 4.63. The van der Waals surface area contributed by atoms with Crippen LogP contribution in [0.4, 0.5) is 4.39 Å². The van der Waals surface area contributed by atoms with Crippen LogP contribution in [-0.4, -0.2) is 23.4 Å². The molecule has 3 rings (SSSR count). The molecule has 0 unspecified atom stereocenters. The minimum Gasteiger partial charge on any atom is -0.487 e. The van der Waals surface area contributed by atoms with Crippen molar-refractivity contribution in [2.24, 2.45) is 0 Å². The Morgan fingerprint density at radius 1 is 1.17 bits per heavy atom. The maximum absolute atomic E-state index is 13.3. The average molecular weight is 329 g/mol. The summed E-state index contributed by atoms with van der Waals surface area (Å²) in [6.45, 7) is 2.54. The lowest BCUT2D eigenvalue weighted by Crippen LogP contribution is -2.51. The van der Waals surface area contributed by atoms with Gasteiger partial charge in [0.2, 0.25) is 0 Å². The van der Waals surface area contributed by atoms with Crippen molar-refractivity contribution in [2.75, 3.05) is 0 Å². The lowest BCUT2D eigenvalue weighted by atomic mass is 9.89. The molecule has 1 saturated carbocycles. The van der Waals surface area contributed by atoms with E-state index in [-0.39, 0.29) is 18.0 Å². The Morgan fingerprint density at radius 2 is 2.00 bits per heavy atom. The number of aliphatic hydroxyl groups excluding tert-OH is 1. The summed E-state index contributed by atoms with van der Waals surface area (Å²) in [5.41, 5.74) is 1.95. The van der Waals surface area contributed by atoms with Crippen LogP contribution in [-0.2, 0) is 6.54 Å². The number of hydrogen-bond donors (Lipinski definition) is 2.